The molecule has 19 heavy (non-hydrogen) atoms. The van der Waals surface area contributed by atoms with Crippen molar-refractivity contribution in [2.24, 2.45) is 11.8 Å². The molecule has 2 heterocycles. The highest BCUT2D eigenvalue weighted by Crippen LogP contribution is 2.28. The number of aliphatic carboxylic acids is 1. The molecule has 2 saturated heterocycles. The lowest BCUT2D eigenvalue weighted by Crippen LogP contribution is -2.33. The lowest BCUT2D eigenvalue weighted by atomic mass is 9.88. The van der Waals surface area contributed by atoms with E-state index in [4.69, 9.17) is 7.85 Å². The fraction of sp³-hybridized carbons (Fsp3) is 0.929. The van der Waals surface area contributed by atoms with E-state index in [0.717, 1.165) is 39.0 Å². The van der Waals surface area contributed by atoms with Crippen molar-refractivity contribution in [2.75, 3.05) is 39.3 Å². The molecule has 2 aliphatic rings. The van der Waals surface area contributed by atoms with Crippen LogP contribution in [0.5, 0.6) is 0 Å². The van der Waals surface area contributed by atoms with Gasteiger partial charge >= 0.3 is 5.97 Å². The number of rotatable bonds is 7. The second kappa shape index (κ2) is 7.29. The van der Waals surface area contributed by atoms with E-state index in [0.29, 0.717) is 12.2 Å². The predicted molar refractivity (Wildman–Crippen MR) is 76.5 cm³/mol. The summed E-state index contributed by atoms with van der Waals surface area (Å²) in [5.41, 5.74) is 0. The smallest absolute Gasteiger partial charge is 0.308 e. The molecule has 0 bridgehead atoms. The van der Waals surface area contributed by atoms with Gasteiger partial charge in [-0.25, -0.2) is 0 Å². The van der Waals surface area contributed by atoms with Gasteiger partial charge in [0.2, 0.25) is 0 Å². The van der Waals surface area contributed by atoms with Gasteiger partial charge in [0.25, 0.3) is 0 Å². The van der Waals surface area contributed by atoms with E-state index >= 15 is 0 Å². The van der Waals surface area contributed by atoms with Crippen LogP contribution >= 0.6 is 0 Å². The van der Waals surface area contributed by atoms with Crippen LogP contribution in [0, 0.1) is 11.8 Å². The van der Waals surface area contributed by atoms with E-state index in [1.807, 2.05) is 0 Å². The molecule has 2 fully saturated rings. The van der Waals surface area contributed by atoms with Crippen LogP contribution in [-0.4, -0.2) is 68.0 Å². The molecule has 0 unspecified atom stereocenters. The molecule has 1 N–H and O–H groups in total. The van der Waals surface area contributed by atoms with Gasteiger partial charge in [0.05, 0.1) is 13.8 Å². The molecule has 0 aromatic rings. The van der Waals surface area contributed by atoms with E-state index in [2.05, 4.69) is 9.80 Å². The third-order valence-corrected chi connectivity index (χ3v) is 4.54. The quantitative estimate of drug-likeness (QED) is 0.699. The molecule has 0 aromatic carbocycles. The van der Waals surface area contributed by atoms with E-state index in [9.17, 15) is 9.90 Å². The predicted octanol–water partition coefficient (Wildman–Crippen LogP) is 1.08. The third kappa shape index (κ3) is 4.21. The fourth-order valence-corrected chi connectivity index (χ4v) is 3.38. The van der Waals surface area contributed by atoms with Crippen LogP contribution < -0.4 is 0 Å². The number of carboxylic acid groups (broad SMARTS) is 1. The topological polar surface area (TPSA) is 43.8 Å². The number of hydrogen-bond acceptors (Lipinski definition) is 3. The van der Waals surface area contributed by atoms with Crippen LogP contribution in [0.25, 0.3) is 0 Å². The number of likely N-dealkylation sites (tertiary alicyclic amines) is 2. The van der Waals surface area contributed by atoms with Crippen molar-refractivity contribution in [3.05, 3.63) is 0 Å². The molecule has 2 radical (unpaired) electrons. The highest BCUT2D eigenvalue weighted by Gasteiger charge is 2.36. The first-order chi connectivity index (χ1) is 9.20. The van der Waals surface area contributed by atoms with Gasteiger partial charge in [-0.3, -0.25) is 4.79 Å². The van der Waals surface area contributed by atoms with Crippen molar-refractivity contribution in [1.29, 1.82) is 0 Å². The van der Waals surface area contributed by atoms with Crippen molar-refractivity contribution in [2.45, 2.75) is 32.0 Å². The third-order valence-electron chi connectivity index (χ3n) is 4.54. The summed E-state index contributed by atoms with van der Waals surface area (Å²) in [4.78, 5) is 16.1. The normalized spacial score (nSPS) is 29.1. The Balaban J connectivity index is 1.77. The average molecular weight is 264 g/mol. The van der Waals surface area contributed by atoms with Crippen molar-refractivity contribution in [1.82, 2.24) is 9.80 Å². The second-order valence-corrected chi connectivity index (χ2v) is 5.94. The standard InChI is InChI=1S/C14H25BN2O2/c15-5-3-4-12-10-17(11-13(12)14(18)19)9-8-16-6-1-2-7-16/h12-13H,1-11H2,(H,18,19)/t12-,13+/m0/s1. The molecular weight excluding hydrogens is 239 g/mol. The molecular formula is C14H25BN2O2. The Hall–Kier alpha value is -0.545. The second-order valence-electron chi connectivity index (χ2n) is 5.94. The zero-order valence-corrected chi connectivity index (χ0v) is 11.8. The summed E-state index contributed by atoms with van der Waals surface area (Å²) in [5.74, 6) is -0.532. The summed E-state index contributed by atoms with van der Waals surface area (Å²) in [7, 11) is 5.54. The maximum Gasteiger partial charge on any atom is 0.308 e. The minimum atomic E-state index is -0.634. The molecule has 4 nitrogen and oxygen atoms in total. The maximum atomic E-state index is 11.3. The van der Waals surface area contributed by atoms with Crippen LogP contribution in [0.3, 0.4) is 0 Å². The minimum absolute atomic E-state index is 0.190. The fourth-order valence-electron chi connectivity index (χ4n) is 3.38. The number of carbonyl (C=O) groups is 1. The maximum absolute atomic E-state index is 11.3. The van der Waals surface area contributed by atoms with E-state index < -0.39 is 5.97 Å². The molecule has 106 valence electrons. The SMILES string of the molecule is [B]CCC[C@H]1CN(CCN2CCCC2)C[C@H]1C(=O)O. The molecule has 2 rings (SSSR count). The highest BCUT2D eigenvalue weighted by molar-refractivity contribution is 6.08. The van der Waals surface area contributed by atoms with Gasteiger partial charge < -0.3 is 14.9 Å². The molecule has 0 aromatic heterocycles. The highest BCUT2D eigenvalue weighted by atomic mass is 16.4. The first-order valence-electron chi connectivity index (χ1n) is 7.58. The summed E-state index contributed by atoms with van der Waals surface area (Å²) in [6.07, 6.45) is 5.19. The van der Waals surface area contributed by atoms with Crippen LogP contribution in [0.2, 0.25) is 6.32 Å². The molecule has 0 saturated carbocycles. The van der Waals surface area contributed by atoms with Gasteiger partial charge in [-0.15, -0.1) is 0 Å². The molecule has 5 heteroatoms. The van der Waals surface area contributed by atoms with Crippen LogP contribution in [0.4, 0.5) is 0 Å². The van der Waals surface area contributed by atoms with Crippen LogP contribution in [0.1, 0.15) is 25.7 Å². The Kier molecular flexibility index (Phi) is 5.70. The minimum Gasteiger partial charge on any atom is -0.481 e. The Morgan fingerprint density at radius 3 is 2.47 bits per heavy atom. The molecule has 2 atom stereocenters. The summed E-state index contributed by atoms with van der Waals surface area (Å²) >= 11 is 0. The van der Waals surface area contributed by atoms with Gasteiger partial charge in [0, 0.05) is 26.2 Å². The Morgan fingerprint density at radius 1 is 1.16 bits per heavy atom. The van der Waals surface area contributed by atoms with E-state index in [-0.39, 0.29) is 5.92 Å². The summed E-state index contributed by atoms with van der Waals surface area (Å²) < 4.78 is 0. The first-order valence-corrected chi connectivity index (χ1v) is 7.58. The molecule has 0 aliphatic carbocycles. The summed E-state index contributed by atoms with van der Waals surface area (Å²) in [6.45, 7) is 6.20. The van der Waals surface area contributed by atoms with Crippen LogP contribution in [-0.2, 0) is 4.79 Å². The first kappa shape index (κ1) is 14.9. The number of hydrogen-bond donors (Lipinski definition) is 1. The number of nitrogens with zero attached hydrogens (tertiary/aromatic N) is 2. The van der Waals surface area contributed by atoms with Gasteiger partial charge in [0.15, 0.2) is 0 Å². The monoisotopic (exact) mass is 264 g/mol. The zero-order chi connectivity index (χ0) is 13.7. The van der Waals surface area contributed by atoms with E-state index in [1.54, 1.807) is 0 Å². The van der Waals surface area contributed by atoms with Crippen molar-refractivity contribution in [3.8, 4) is 0 Å². The van der Waals surface area contributed by atoms with Gasteiger partial charge in [-0.05, 0) is 38.3 Å². The van der Waals surface area contributed by atoms with E-state index in [1.165, 1.54) is 25.9 Å². The number of carboxylic acids is 1. The zero-order valence-electron chi connectivity index (χ0n) is 11.8. The summed E-state index contributed by atoms with van der Waals surface area (Å²) in [6, 6.07) is 0. The largest absolute Gasteiger partial charge is 0.481 e. The molecule has 0 spiro atoms. The van der Waals surface area contributed by atoms with Crippen molar-refractivity contribution >= 4 is 13.8 Å². The lowest BCUT2D eigenvalue weighted by molar-refractivity contribution is -0.142. The van der Waals surface area contributed by atoms with Crippen molar-refractivity contribution < 1.29 is 9.90 Å². The van der Waals surface area contributed by atoms with Gasteiger partial charge in [-0.2, -0.15) is 0 Å². The average Bonchev–Trinajstić information content (AvgIpc) is 3.03. The lowest BCUT2D eigenvalue weighted by Gasteiger charge is -2.20. The molecule has 2 aliphatic heterocycles. The van der Waals surface area contributed by atoms with Gasteiger partial charge in [0.1, 0.15) is 0 Å². The Bertz CT molecular complexity index is 295. The Morgan fingerprint density at radius 2 is 1.84 bits per heavy atom. The molecule has 0 amide bonds. The van der Waals surface area contributed by atoms with Gasteiger partial charge in [-0.1, -0.05) is 12.7 Å². The van der Waals surface area contributed by atoms with Crippen molar-refractivity contribution in [3.63, 3.8) is 0 Å². The van der Waals surface area contributed by atoms with Crippen LogP contribution in [0.15, 0.2) is 0 Å². The Labute approximate surface area is 117 Å². The summed E-state index contributed by atoms with van der Waals surface area (Å²) in [5, 5.41) is 9.31.